The van der Waals surface area contributed by atoms with Crippen LogP contribution in [-0.2, 0) is 15.3 Å². The Hall–Kier alpha value is -2.09. The summed E-state index contributed by atoms with van der Waals surface area (Å²) in [4.78, 5) is 17.0. The maximum atomic E-state index is 13.2. The number of hydrogen-bond donors (Lipinski definition) is 1. The molecule has 2 N–H and O–H groups in total. The molecule has 2 amide bonds. The number of carbonyl (C=O) groups excluding carboxylic acids is 1. The van der Waals surface area contributed by atoms with Crippen molar-refractivity contribution in [2.45, 2.75) is 42.0 Å². The number of rotatable bonds is 5. The molecule has 0 aromatic heterocycles. The molecule has 2 aromatic rings. The molecule has 166 valence electrons. The topological polar surface area (TPSA) is 83.7 Å². The summed E-state index contributed by atoms with van der Waals surface area (Å²) in [6.45, 7) is 1.75. The predicted molar refractivity (Wildman–Crippen MR) is 123 cm³/mol. The third-order valence-corrected chi connectivity index (χ3v) is 8.12. The van der Waals surface area contributed by atoms with Gasteiger partial charge in [0.2, 0.25) is 0 Å². The second-order valence-corrected chi connectivity index (χ2v) is 11.1. The minimum Gasteiger partial charge on any atom is -0.330 e. The van der Waals surface area contributed by atoms with Crippen LogP contribution in [0.3, 0.4) is 0 Å². The number of halogens is 1. The second-order valence-electron chi connectivity index (χ2n) is 8.62. The molecule has 1 saturated carbocycles. The molecule has 1 saturated heterocycles. The van der Waals surface area contributed by atoms with Crippen LogP contribution in [0.25, 0.3) is 0 Å². The summed E-state index contributed by atoms with van der Waals surface area (Å²) in [5.74, 6) is 0. The largest absolute Gasteiger partial charge is 0.330 e. The smallest absolute Gasteiger partial charge is 0.324 e. The Kier molecular flexibility index (Phi) is 6.03. The first-order chi connectivity index (χ1) is 14.7. The van der Waals surface area contributed by atoms with E-state index in [2.05, 4.69) is 6.07 Å². The molecule has 6 nitrogen and oxygen atoms in total. The van der Waals surface area contributed by atoms with Gasteiger partial charge in [-0.15, -0.1) is 0 Å². The number of urea groups is 1. The quantitative estimate of drug-likeness (QED) is 0.733. The van der Waals surface area contributed by atoms with Crippen molar-refractivity contribution in [2.75, 3.05) is 30.8 Å². The van der Waals surface area contributed by atoms with Crippen LogP contribution < -0.4 is 10.6 Å². The first-order valence-electron chi connectivity index (χ1n) is 10.6. The third-order valence-electron chi connectivity index (χ3n) is 6.78. The first kappa shape index (κ1) is 22.1. The summed E-state index contributed by atoms with van der Waals surface area (Å²) in [6, 6.07) is 14.6. The van der Waals surface area contributed by atoms with Crippen molar-refractivity contribution in [1.29, 1.82) is 0 Å². The monoisotopic (exact) mass is 461 g/mol. The zero-order valence-corrected chi connectivity index (χ0v) is 19.2. The summed E-state index contributed by atoms with van der Waals surface area (Å²) in [6.07, 6.45) is 4.75. The maximum Gasteiger partial charge on any atom is 0.324 e. The Morgan fingerprint density at radius 3 is 2.45 bits per heavy atom. The molecule has 0 unspecified atom stereocenters. The summed E-state index contributed by atoms with van der Waals surface area (Å²) >= 11 is 6.21. The lowest BCUT2D eigenvalue weighted by molar-refractivity contribution is 0.156. The van der Waals surface area contributed by atoms with Gasteiger partial charge in [-0.3, -0.25) is 4.90 Å². The molecule has 2 fully saturated rings. The third kappa shape index (κ3) is 4.31. The highest BCUT2D eigenvalue weighted by Crippen LogP contribution is 2.41. The van der Waals surface area contributed by atoms with E-state index in [0.29, 0.717) is 30.3 Å². The van der Waals surface area contributed by atoms with Crippen molar-refractivity contribution in [2.24, 2.45) is 5.73 Å². The number of sulfone groups is 1. The fourth-order valence-corrected chi connectivity index (χ4v) is 5.76. The Morgan fingerprint density at radius 2 is 1.81 bits per heavy atom. The summed E-state index contributed by atoms with van der Waals surface area (Å²) in [5, 5.41) is 0.717. The van der Waals surface area contributed by atoms with Gasteiger partial charge in [-0.05, 0) is 61.6 Å². The van der Waals surface area contributed by atoms with E-state index in [1.165, 1.54) is 11.8 Å². The molecule has 1 aliphatic heterocycles. The minimum atomic E-state index is -3.32. The van der Waals surface area contributed by atoms with Crippen molar-refractivity contribution < 1.29 is 13.2 Å². The van der Waals surface area contributed by atoms with Crippen LogP contribution in [0.1, 0.15) is 31.2 Å². The van der Waals surface area contributed by atoms with E-state index in [4.69, 9.17) is 17.3 Å². The normalized spacial score (nSPS) is 24.6. The van der Waals surface area contributed by atoms with Crippen molar-refractivity contribution in [3.05, 3.63) is 59.1 Å². The highest BCUT2D eigenvalue weighted by Gasteiger charge is 2.41. The van der Waals surface area contributed by atoms with Crippen LogP contribution in [0.2, 0.25) is 5.02 Å². The van der Waals surface area contributed by atoms with E-state index in [-0.39, 0.29) is 22.4 Å². The highest BCUT2D eigenvalue weighted by molar-refractivity contribution is 7.90. The van der Waals surface area contributed by atoms with Crippen molar-refractivity contribution in [3.8, 4) is 0 Å². The Bertz CT molecular complexity index is 1080. The average molecular weight is 462 g/mol. The number of nitrogens with two attached hydrogens (primary N) is 1. The molecule has 0 bridgehead atoms. The van der Waals surface area contributed by atoms with Gasteiger partial charge in [0.15, 0.2) is 9.84 Å². The molecule has 31 heavy (non-hydrogen) atoms. The second kappa shape index (κ2) is 8.45. The lowest BCUT2D eigenvalue weighted by Gasteiger charge is -2.42. The van der Waals surface area contributed by atoms with Gasteiger partial charge in [0.05, 0.1) is 4.90 Å². The zero-order valence-electron chi connectivity index (χ0n) is 17.6. The Balaban J connectivity index is 1.47. The number of hydrogen-bond acceptors (Lipinski definition) is 4. The Labute approximate surface area is 188 Å². The molecule has 1 aliphatic carbocycles. The fraction of sp³-hybridized carbons (Fsp3) is 0.435. The van der Waals surface area contributed by atoms with Crippen LogP contribution in [0, 0.1) is 0 Å². The maximum absolute atomic E-state index is 13.2. The van der Waals surface area contributed by atoms with Gasteiger partial charge in [0.25, 0.3) is 0 Å². The molecule has 0 spiro atoms. The minimum absolute atomic E-state index is 0.0568. The molecule has 0 radical (unpaired) electrons. The first-order valence-corrected chi connectivity index (χ1v) is 12.8. The summed E-state index contributed by atoms with van der Waals surface area (Å²) in [5.41, 5.74) is 7.91. The van der Waals surface area contributed by atoms with E-state index >= 15 is 0 Å². The number of benzene rings is 2. The van der Waals surface area contributed by atoms with E-state index in [1.54, 1.807) is 29.2 Å². The van der Waals surface area contributed by atoms with Crippen LogP contribution in [0.4, 0.5) is 10.5 Å². The highest BCUT2D eigenvalue weighted by atomic mass is 35.5. The van der Waals surface area contributed by atoms with E-state index in [1.807, 2.05) is 23.1 Å². The van der Waals surface area contributed by atoms with Crippen LogP contribution >= 0.6 is 11.6 Å². The van der Waals surface area contributed by atoms with Gasteiger partial charge < -0.3 is 10.6 Å². The molecule has 0 atom stereocenters. The van der Waals surface area contributed by atoms with Gasteiger partial charge in [0.1, 0.15) is 0 Å². The van der Waals surface area contributed by atoms with Gasteiger partial charge in [-0.25, -0.2) is 13.2 Å². The molecule has 4 rings (SSSR count). The van der Waals surface area contributed by atoms with Gasteiger partial charge in [-0.2, -0.15) is 0 Å². The van der Waals surface area contributed by atoms with Gasteiger partial charge in [-0.1, -0.05) is 29.8 Å². The lowest BCUT2D eigenvalue weighted by atomic mass is 9.68. The van der Waals surface area contributed by atoms with E-state index in [0.717, 1.165) is 25.7 Å². The van der Waals surface area contributed by atoms with Crippen LogP contribution in [0.15, 0.2) is 53.4 Å². The van der Waals surface area contributed by atoms with Crippen molar-refractivity contribution in [1.82, 2.24) is 4.90 Å². The average Bonchev–Trinajstić information content (AvgIpc) is 3.14. The fourth-order valence-electron chi connectivity index (χ4n) is 4.91. The molecule has 2 aliphatic rings. The summed E-state index contributed by atoms with van der Waals surface area (Å²) < 4.78 is 23.8. The predicted octanol–water partition coefficient (Wildman–Crippen LogP) is 3.82. The zero-order chi connectivity index (χ0) is 22.2. The number of anilines is 1. The van der Waals surface area contributed by atoms with Gasteiger partial charge >= 0.3 is 6.03 Å². The molecule has 8 heteroatoms. The standard InChI is InChI=1S/C23H28ClN3O3S/c1-31(29,30)21-7-3-6-20(15-21)27-13-12-26(22(27)28)19-8-10-23(16-25,11-9-19)17-4-2-5-18(24)14-17/h2-7,14-15,19H,8-13,16,25H2,1H3/t19-,23-. The number of amides is 2. The Morgan fingerprint density at radius 1 is 1.10 bits per heavy atom. The van der Waals surface area contributed by atoms with Crippen LogP contribution in [0.5, 0.6) is 0 Å². The van der Waals surface area contributed by atoms with Gasteiger partial charge in [0, 0.05) is 48.1 Å². The lowest BCUT2D eigenvalue weighted by Crippen LogP contribution is -2.46. The molecule has 2 aromatic carbocycles. The number of carbonyl (C=O) groups is 1. The molecule has 1 heterocycles. The van der Waals surface area contributed by atoms with Crippen LogP contribution in [-0.4, -0.2) is 51.3 Å². The number of nitrogens with zero attached hydrogens (tertiary/aromatic N) is 2. The molecular weight excluding hydrogens is 434 g/mol. The summed E-state index contributed by atoms with van der Waals surface area (Å²) in [7, 11) is -3.32. The van der Waals surface area contributed by atoms with Crippen molar-refractivity contribution >= 4 is 33.2 Å². The molecular formula is C23H28ClN3O3S. The van der Waals surface area contributed by atoms with E-state index < -0.39 is 9.84 Å². The van der Waals surface area contributed by atoms with Crippen molar-refractivity contribution in [3.63, 3.8) is 0 Å². The van der Waals surface area contributed by atoms with E-state index in [9.17, 15) is 13.2 Å². The SMILES string of the molecule is CS(=O)(=O)c1cccc(N2CCN([C@H]3CC[C@](CN)(c4cccc(Cl)c4)CC3)C2=O)c1.